The van der Waals surface area contributed by atoms with E-state index in [-0.39, 0.29) is 0 Å². The summed E-state index contributed by atoms with van der Waals surface area (Å²) in [6, 6.07) is 0. The number of nitrogens with zero attached hydrogens (tertiary/aromatic N) is 1. The lowest BCUT2D eigenvalue weighted by Crippen LogP contribution is -1.72. The molecule has 0 unspecified atom stereocenters. The van der Waals surface area contributed by atoms with Gasteiger partial charge in [-0.3, -0.25) is 4.99 Å². The molecule has 0 aromatic rings. The minimum Gasteiger partial charge on any atom is -0.265 e. The molecule has 0 saturated carbocycles. The van der Waals surface area contributed by atoms with Gasteiger partial charge in [-0.1, -0.05) is 12.2 Å². The van der Waals surface area contributed by atoms with Gasteiger partial charge in [0.1, 0.15) is 0 Å². The molecule has 9 heavy (non-hydrogen) atoms. The van der Waals surface area contributed by atoms with Crippen LogP contribution in [0.25, 0.3) is 0 Å². The van der Waals surface area contributed by atoms with Crippen molar-refractivity contribution in [3.05, 3.63) is 23.9 Å². The molecule has 0 aromatic carbocycles. The highest BCUT2D eigenvalue weighted by Crippen LogP contribution is 1.85. The van der Waals surface area contributed by atoms with Crippen molar-refractivity contribution in [3.63, 3.8) is 0 Å². The Morgan fingerprint density at radius 3 is 2.44 bits per heavy atom. The van der Waals surface area contributed by atoms with E-state index in [9.17, 15) is 0 Å². The fourth-order valence-corrected chi connectivity index (χ4v) is 0.321. The summed E-state index contributed by atoms with van der Waals surface area (Å²) < 4.78 is 0. The molecule has 0 aliphatic rings. The van der Waals surface area contributed by atoms with Crippen molar-refractivity contribution in [1.82, 2.24) is 0 Å². The van der Waals surface area contributed by atoms with Crippen LogP contribution in [0, 0.1) is 0 Å². The van der Waals surface area contributed by atoms with E-state index >= 15 is 0 Å². The maximum atomic E-state index is 3.99. The second kappa shape index (κ2) is 5.29. The lowest BCUT2D eigenvalue weighted by molar-refractivity contribution is 1.49. The molecular weight excluding hydrogens is 110 g/mol. The van der Waals surface area contributed by atoms with E-state index in [0.717, 1.165) is 0 Å². The summed E-state index contributed by atoms with van der Waals surface area (Å²) in [5.41, 5.74) is 1.19. The highest BCUT2D eigenvalue weighted by atomic mass is 14.7. The fourth-order valence-electron chi connectivity index (χ4n) is 0.321. The predicted octanol–water partition coefficient (Wildman–Crippen LogP) is 2.56. The molecule has 0 atom stereocenters. The molecule has 0 bridgehead atoms. The maximum absolute atomic E-state index is 3.99. The Hall–Kier alpha value is -0.850. The van der Waals surface area contributed by atoms with Crippen LogP contribution in [0.1, 0.15) is 20.8 Å². The van der Waals surface area contributed by atoms with Crippen LogP contribution in [0.2, 0.25) is 0 Å². The molecule has 0 rings (SSSR count). The van der Waals surface area contributed by atoms with Crippen molar-refractivity contribution >= 4 is 6.21 Å². The van der Waals surface area contributed by atoms with Gasteiger partial charge in [0.05, 0.1) is 0 Å². The van der Waals surface area contributed by atoms with Crippen molar-refractivity contribution in [2.45, 2.75) is 20.8 Å². The van der Waals surface area contributed by atoms with E-state index in [1.807, 2.05) is 39.1 Å². The Morgan fingerprint density at radius 2 is 2.00 bits per heavy atom. The lowest BCUT2D eigenvalue weighted by atomic mass is 10.3. The zero-order chi connectivity index (χ0) is 7.11. The Bertz CT molecular complexity index is 141. The Kier molecular flexibility index (Phi) is 4.79. The van der Waals surface area contributed by atoms with Gasteiger partial charge in [0, 0.05) is 12.4 Å². The molecule has 0 aliphatic heterocycles. The second-order valence-electron chi connectivity index (χ2n) is 1.79. The Morgan fingerprint density at radius 1 is 1.33 bits per heavy atom. The summed E-state index contributed by atoms with van der Waals surface area (Å²) in [5, 5.41) is 0. The molecule has 1 heteroatoms. The first-order chi connectivity index (χ1) is 4.31. The minimum absolute atomic E-state index is 1.19. The summed E-state index contributed by atoms with van der Waals surface area (Å²) >= 11 is 0. The van der Waals surface area contributed by atoms with Crippen LogP contribution in [0.4, 0.5) is 0 Å². The highest BCUT2D eigenvalue weighted by molar-refractivity contribution is 5.77. The second-order valence-corrected chi connectivity index (χ2v) is 1.79. The highest BCUT2D eigenvalue weighted by Gasteiger charge is 1.72. The smallest absolute Gasteiger partial charge is 0.0293 e. The Balaban J connectivity index is 3.71. The average Bonchev–Trinajstić information content (AvgIpc) is 1.89. The van der Waals surface area contributed by atoms with Crippen LogP contribution < -0.4 is 0 Å². The van der Waals surface area contributed by atoms with Gasteiger partial charge in [0.15, 0.2) is 0 Å². The van der Waals surface area contributed by atoms with Gasteiger partial charge in [-0.25, -0.2) is 0 Å². The van der Waals surface area contributed by atoms with Gasteiger partial charge in [-0.05, 0) is 26.3 Å². The summed E-state index contributed by atoms with van der Waals surface area (Å²) in [7, 11) is 0. The minimum atomic E-state index is 1.19. The lowest BCUT2D eigenvalue weighted by Gasteiger charge is -1.82. The zero-order valence-electron chi connectivity index (χ0n) is 6.26. The van der Waals surface area contributed by atoms with Crippen molar-refractivity contribution in [3.8, 4) is 0 Å². The van der Waals surface area contributed by atoms with Crippen LogP contribution in [0.3, 0.4) is 0 Å². The number of rotatable bonds is 2. The molecule has 0 aromatic heterocycles. The van der Waals surface area contributed by atoms with E-state index in [2.05, 4.69) is 4.99 Å². The van der Waals surface area contributed by atoms with Crippen molar-refractivity contribution in [1.29, 1.82) is 0 Å². The number of hydrogen-bond acceptors (Lipinski definition) is 1. The molecule has 50 valence electrons. The van der Waals surface area contributed by atoms with Crippen LogP contribution in [-0.2, 0) is 0 Å². The van der Waals surface area contributed by atoms with Gasteiger partial charge >= 0.3 is 0 Å². The van der Waals surface area contributed by atoms with Crippen LogP contribution in [0.15, 0.2) is 28.9 Å². The van der Waals surface area contributed by atoms with Crippen molar-refractivity contribution in [2.24, 2.45) is 4.99 Å². The summed E-state index contributed by atoms with van der Waals surface area (Å²) in [4.78, 5) is 3.99. The van der Waals surface area contributed by atoms with Crippen LogP contribution >= 0.6 is 0 Å². The van der Waals surface area contributed by atoms with Gasteiger partial charge in [0.25, 0.3) is 0 Å². The van der Waals surface area contributed by atoms with Crippen molar-refractivity contribution < 1.29 is 0 Å². The van der Waals surface area contributed by atoms with Crippen molar-refractivity contribution in [2.75, 3.05) is 0 Å². The third kappa shape index (κ3) is 5.01. The third-order valence-electron chi connectivity index (χ3n) is 0.969. The molecule has 0 amide bonds. The summed E-state index contributed by atoms with van der Waals surface area (Å²) in [5.74, 6) is 0. The standard InChI is InChI=1S/C8H13N/c1-4-6-9-7-8(3)5-2/h4-7H,1-3H3/b6-4-,8-5-,9-7-. The monoisotopic (exact) mass is 123 g/mol. The molecule has 0 heterocycles. The molecule has 0 radical (unpaired) electrons. The predicted molar refractivity (Wildman–Crippen MR) is 42.7 cm³/mol. The van der Waals surface area contributed by atoms with Crippen LogP contribution in [0.5, 0.6) is 0 Å². The van der Waals surface area contributed by atoms with Gasteiger partial charge < -0.3 is 0 Å². The quantitative estimate of drug-likeness (QED) is 0.500. The SMILES string of the molecule is C\C=C/N=C\C(C)=C/C. The number of hydrogen-bond donors (Lipinski definition) is 0. The summed E-state index contributed by atoms with van der Waals surface area (Å²) in [6.45, 7) is 5.96. The Labute approximate surface area is 56.8 Å². The number of allylic oxidation sites excluding steroid dienone is 3. The van der Waals surface area contributed by atoms with Gasteiger partial charge in [-0.2, -0.15) is 0 Å². The van der Waals surface area contributed by atoms with E-state index < -0.39 is 0 Å². The normalized spacial score (nSPS) is 13.9. The molecule has 1 nitrogen and oxygen atoms in total. The first kappa shape index (κ1) is 8.15. The van der Waals surface area contributed by atoms with E-state index in [0.29, 0.717) is 0 Å². The molecule has 0 saturated heterocycles. The van der Waals surface area contributed by atoms with Crippen LogP contribution in [-0.4, -0.2) is 6.21 Å². The number of aliphatic imine (C=N–C) groups is 1. The summed E-state index contributed by atoms with van der Waals surface area (Å²) in [6.07, 6.45) is 7.53. The average molecular weight is 123 g/mol. The molecule has 0 spiro atoms. The maximum Gasteiger partial charge on any atom is 0.0293 e. The fraction of sp³-hybridized carbons (Fsp3) is 0.375. The first-order valence-electron chi connectivity index (χ1n) is 3.08. The van der Waals surface area contributed by atoms with E-state index in [1.165, 1.54) is 5.57 Å². The third-order valence-corrected chi connectivity index (χ3v) is 0.969. The molecular formula is C8H13N. The largest absolute Gasteiger partial charge is 0.265 e. The zero-order valence-corrected chi connectivity index (χ0v) is 6.26. The first-order valence-corrected chi connectivity index (χ1v) is 3.08. The topological polar surface area (TPSA) is 12.4 Å². The molecule has 0 N–H and O–H groups in total. The molecule has 0 fully saturated rings. The van der Waals surface area contributed by atoms with E-state index in [4.69, 9.17) is 0 Å². The van der Waals surface area contributed by atoms with Gasteiger partial charge in [-0.15, -0.1) is 0 Å². The van der Waals surface area contributed by atoms with Gasteiger partial charge in [0.2, 0.25) is 0 Å². The molecule has 0 aliphatic carbocycles. The van der Waals surface area contributed by atoms with E-state index in [1.54, 1.807) is 6.20 Å².